The lowest BCUT2D eigenvalue weighted by molar-refractivity contribution is 0.102. The number of rotatable bonds is 8. The minimum absolute atomic E-state index is 0.00539. The molecule has 152 valence electrons. The van der Waals surface area contributed by atoms with E-state index in [-0.39, 0.29) is 11.5 Å². The van der Waals surface area contributed by atoms with Gasteiger partial charge in [-0.05, 0) is 36.6 Å². The first-order valence-corrected chi connectivity index (χ1v) is 10.2. The largest absolute Gasteiger partial charge is 0.475 e. The lowest BCUT2D eigenvalue weighted by Gasteiger charge is -2.18. The van der Waals surface area contributed by atoms with E-state index in [4.69, 9.17) is 4.74 Å². The molecule has 0 radical (unpaired) electrons. The van der Waals surface area contributed by atoms with Crippen molar-refractivity contribution in [3.63, 3.8) is 0 Å². The van der Waals surface area contributed by atoms with Gasteiger partial charge in [-0.1, -0.05) is 56.7 Å². The molecule has 1 aliphatic heterocycles. The van der Waals surface area contributed by atoms with E-state index in [1.165, 1.54) is 6.07 Å². The van der Waals surface area contributed by atoms with Crippen LogP contribution in [-0.2, 0) is 4.74 Å². The van der Waals surface area contributed by atoms with Crippen LogP contribution in [0.3, 0.4) is 0 Å². The molecule has 29 heavy (non-hydrogen) atoms. The van der Waals surface area contributed by atoms with E-state index in [0.29, 0.717) is 35.9 Å². The van der Waals surface area contributed by atoms with Gasteiger partial charge in [0.1, 0.15) is 12.4 Å². The smallest absolute Gasteiger partial charge is 0.258 e. The van der Waals surface area contributed by atoms with Gasteiger partial charge in [0.25, 0.3) is 5.91 Å². The minimum Gasteiger partial charge on any atom is -0.475 e. The van der Waals surface area contributed by atoms with Crippen molar-refractivity contribution < 1.29 is 13.9 Å². The topological polar surface area (TPSA) is 50.7 Å². The zero-order valence-corrected chi connectivity index (χ0v) is 17.0. The summed E-state index contributed by atoms with van der Waals surface area (Å²) in [5.41, 5.74) is 2.06. The molecule has 0 saturated heterocycles. The molecule has 0 aromatic heterocycles. The third-order valence-corrected chi connectivity index (χ3v) is 4.87. The fourth-order valence-electron chi connectivity index (χ4n) is 3.52. The molecule has 0 aliphatic carbocycles. The van der Waals surface area contributed by atoms with Gasteiger partial charge in [-0.3, -0.25) is 4.79 Å². The van der Waals surface area contributed by atoms with Gasteiger partial charge < -0.3 is 10.1 Å². The van der Waals surface area contributed by atoms with E-state index in [9.17, 15) is 9.18 Å². The summed E-state index contributed by atoms with van der Waals surface area (Å²) < 4.78 is 20.3. The lowest BCUT2D eigenvalue weighted by Crippen LogP contribution is -2.19. The molecule has 4 nitrogen and oxygen atoms in total. The average Bonchev–Trinajstić information content (AvgIpc) is 3.26. The number of nitrogens with one attached hydrogen (secondary N) is 1. The molecule has 1 N–H and O–H groups in total. The van der Waals surface area contributed by atoms with Crippen LogP contribution in [0.2, 0.25) is 0 Å². The first-order chi connectivity index (χ1) is 14.2. The number of allylic oxidation sites excluding steroid dienone is 2. The number of aliphatic imine (C=N–C) groups is 1. The number of anilines is 1. The second-order valence-corrected chi connectivity index (χ2v) is 6.97. The summed E-state index contributed by atoms with van der Waals surface area (Å²) in [6.45, 7) is 5.27. The number of amides is 1. The number of halogens is 1. The second-order valence-electron chi connectivity index (χ2n) is 6.97. The molecule has 2 aromatic rings. The Morgan fingerprint density at radius 2 is 2.07 bits per heavy atom. The van der Waals surface area contributed by atoms with Crippen LogP contribution in [-0.4, -0.2) is 25.0 Å². The van der Waals surface area contributed by atoms with Gasteiger partial charge in [-0.15, -0.1) is 0 Å². The van der Waals surface area contributed by atoms with Gasteiger partial charge in [-0.2, -0.15) is 0 Å². The Bertz CT molecular complexity index is 921. The van der Waals surface area contributed by atoms with Gasteiger partial charge in [0.2, 0.25) is 5.90 Å². The Morgan fingerprint density at radius 3 is 2.79 bits per heavy atom. The van der Waals surface area contributed by atoms with Crippen molar-refractivity contribution in [3.05, 3.63) is 77.1 Å². The molecular weight excluding hydrogens is 367 g/mol. The van der Waals surface area contributed by atoms with Gasteiger partial charge in [0.05, 0.1) is 23.4 Å². The highest BCUT2D eigenvalue weighted by Crippen LogP contribution is 2.29. The number of hydrogen-bond donors (Lipinski definition) is 1. The van der Waals surface area contributed by atoms with Crippen LogP contribution in [0, 0.1) is 5.82 Å². The number of ether oxygens (including phenoxy) is 1. The normalized spacial score (nSPS) is 14.5. The summed E-state index contributed by atoms with van der Waals surface area (Å²) in [5.74, 6) is -0.480. The number of benzene rings is 2. The van der Waals surface area contributed by atoms with Crippen molar-refractivity contribution in [1.29, 1.82) is 0 Å². The summed E-state index contributed by atoms with van der Waals surface area (Å²) in [6.07, 6.45) is 6.83. The lowest BCUT2D eigenvalue weighted by atomic mass is 9.89. The van der Waals surface area contributed by atoms with Crippen molar-refractivity contribution >= 4 is 17.5 Å². The maximum Gasteiger partial charge on any atom is 0.258 e. The molecule has 0 bridgehead atoms. The predicted octanol–water partition coefficient (Wildman–Crippen LogP) is 5.70. The SMILES string of the molecule is CC/C=C/C(CCC)c1cccc(F)c1C(=O)Nc1ccccc1C1=NCCO1. The van der Waals surface area contributed by atoms with E-state index in [0.717, 1.165) is 19.3 Å². The zero-order valence-electron chi connectivity index (χ0n) is 17.0. The molecule has 1 amide bonds. The fraction of sp³-hybridized carbons (Fsp3) is 0.333. The van der Waals surface area contributed by atoms with Crippen LogP contribution in [0.15, 0.2) is 59.6 Å². The summed E-state index contributed by atoms with van der Waals surface area (Å²) in [5, 5.41) is 2.87. The quantitative estimate of drug-likeness (QED) is 0.584. The third-order valence-electron chi connectivity index (χ3n) is 4.87. The van der Waals surface area contributed by atoms with E-state index in [1.807, 2.05) is 24.3 Å². The van der Waals surface area contributed by atoms with E-state index >= 15 is 0 Å². The summed E-state index contributed by atoms with van der Waals surface area (Å²) in [7, 11) is 0. The number of nitrogens with zero attached hydrogens (tertiary/aromatic N) is 1. The average molecular weight is 394 g/mol. The third kappa shape index (κ3) is 4.91. The van der Waals surface area contributed by atoms with Crippen molar-refractivity contribution in [2.45, 2.75) is 39.0 Å². The van der Waals surface area contributed by atoms with E-state index in [2.05, 4.69) is 36.3 Å². The monoisotopic (exact) mass is 394 g/mol. The number of carbonyl (C=O) groups excluding carboxylic acids is 1. The van der Waals surface area contributed by atoms with Gasteiger partial charge in [0.15, 0.2) is 0 Å². The molecule has 1 atom stereocenters. The summed E-state index contributed by atoms with van der Waals surface area (Å²) in [4.78, 5) is 17.5. The summed E-state index contributed by atoms with van der Waals surface area (Å²) in [6, 6.07) is 12.1. The zero-order chi connectivity index (χ0) is 20.6. The highest BCUT2D eigenvalue weighted by molar-refractivity contribution is 6.10. The molecule has 1 heterocycles. The molecule has 0 fully saturated rings. The van der Waals surface area contributed by atoms with Gasteiger partial charge in [0, 0.05) is 5.92 Å². The van der Waals surface area contributed by atoms with Crippen LogP contribution in [0.1, 0.15) is 60.5 Å². The number of hydrogen-bond acceptors (Lipinski definition) is 3. The van der Waals surface area contributed by atoms with Crippen LogP contribution in [0.4, 0.5) is 10.1 Å². The molecular formula is C24H27FN2O2. The Labute approximate surface area is 171 Å². The van der Waals surface area contributed by atoms with Crippen molar-refractivity contribution in [2.24, 2.45) is 4.99 Å². The minimum atomic E-state index is -0.516. The molecule has 5 heteroatoms. The Kier molecular flexibility index (Phi) is 7.17. The molecule has 1 aliphatic rings. The highest BCUT2D eigenvalue weighted by Gasteiger charge is 2.23. The maximum atomic E-state index is 14.8. The Balaban J connectivity index is 1.95. The van der Waals surface area contributed by atoms with Crippen LogP contribution in [0.25, 0.3) is 0 Å². The number of para-hydroxylation sites is 1. The Hall–Kier alpha value is -2.95. The van der Waals surface area contributed by atoms with Gasteiger partial charge >= 0.3 is 0 Å². The van der Waals surface area contributed by atoms with Crippen LogP contribution < -0.4 is 5.32 Å². The summed E-state index contributed by atoms with van der Waals surface area (Å²) >= 11 is 0. The Morgan fingerprint density at radius 1 is 1.24 bits per heavy atom. The standard InChI is InChI=1S/C24H27FN2O2/c1-3-5-10-17(9-4-2)18-12-8-13-20(25)22(18)23(28)27-21-14-7-6-11-19(21)24-26-15-16-29-24/h5-8,10-14,17H,3-4,9,15-16H2,1-2H3,(H,27,28)/b10-5+. The maximum absolute atomic E-state index is 14.8. The highest BCUT2D eigenvalue weighted by atomic mass is 19.1. The van der Waals surface area contributed by atoms with Crippen LogP contribution >= 0.6 is 0 Å². The van der Waals surface area contributed by atoms with Gasteiger partial charge in [-0.25, -0.2) is 9.38 Å². The molecule has 1 unspecified atom stereocenters. The fourth-order valence-corrected chi connectivity index (χ4v) is 3.52. The number of carbonyl (C=O) groups is 1. The van der Waals surface area contributed by atoms with E-state index < -0.39 is 11.7 Å². The molecule has 3 rings (SSSR count). The molecule has 2 aromatic carbocycles. The first-order valence-electron chi connectivity index (χ1n) is 10.2. The van der Waals surface area contributed by atoms with E-state index in [1.54, 1.807) is 12.1 Å². The molecule has 0 saturated carbocycles. The molecule has 0 spiro atoms. The van der Waals surface area contributed by atoms with Crippen LogP contribution in [0.5, 0.6) is 0 Å². The van der Waals surface area contributed by atoms with Crippen molar-refractivity contribution in [2.75, 3.05) is 18.5 Å². The van der Waals surface area contributed by atoms with Crippen molar-refractivity contribution in [1.82, 2.24) is 0 Å². The second kappa shape index (κ2) is 10.0. The van der Waals surface area contributed by atoms with Crippen molar-refractivity contribution in [3.8, 4) is 0 Å². The first kappa shape index (κ1) is 20.8. The predicted molar refractivity (Wildman–Crippen MR) is 115 cm³/mol.